The van der Waals surface area contributed by atoms with Gasteiger partial charge in [0.15, 0.2) is 0 Å². The lowest BCUT2D eigenvalue weighted by atomic mass is 10.1. The second kappa shape index (κ2) is 8.02. The Hall–Kier alpha value is -1.56. The number of carbonyl (C=O) groups excluding carboxylic acids is 2. The van der Waals surface area contributed by atoms with Crippen molar-refractivity contribution in [2.24, 2.45) is 0 Å². The summed E-state index contributed by atoms with van der Waals surface area (Å²) in [5, 5.41) is 9.58. The molecule has 0 bridgehead atoms. The predicted octanol–water partition coefficient (Wildman–Crippen LogP) is 2.71. The van der Waals surface area contributed by atoms with Gasteiger partial charge in [-0.15, -0.1) is 0 Å². The molecule has 1 aromatic heterocycles. The smallest absolute Gasteiger partial charge is 0.407 e. The molecule has 1 atom stereocenters. The highest BCUT2D eigenvalue weighted by Gasteiger charge is 2.16. The summed E-state index contributed by atoms with van der Waals surface area (Å²) in [5.41, 5.74) is 0.696. The molecule has 1 aromatic rings. The fourth-order valence-electron chi connectivity index (χ4n) is 1.75. The van der Waals surface area contributed by atoms with Crippen LogP contribution in [0.1, 0.15) is 39.7 Å². The van der Waals surface area contributed by atoms with Gasteiger partial charge in [0.1, 0.15) is 5.60 Å². The van der Waals surface area contributed by atoms with Crippen LogP contribution in [0.15, 0.2) is 16.8 Å². The van der Waals surface area contributed by atoms with Gasteiger partial charge in [-0.2, -0.15) is 11.3 Å². The number of thiophene rings is 1. The van der Waals surface area contributed by atoms with Crippen molar-refractivity contribution in [1.82, 2.24) is 10.6 Å². The van der Waals surface area contributed by atoms with Gasteiger partial charge in [0.2, 0.25) is 5.91 Å². The fourth-order valence-corrected chi connectivity index (χ4v) is 2.43. The Kier molecular flexibility index (Phi) is 6.68. The van der Waals surface area contributed by atoms with E-state index in [0.717, 1.165) is 6.42 Å². The molecule has 0 saturated heterocycles. The number of rotatable bonds is 6. The minimum absolute atomic E-state index is 0.0752. The average Bonchev–Trinajstić information content (AvgIpc) is 2.78. The van der Waals surface area contributed by atoms with Crippen molar-refractivity contribution in [3.05, 3.63) is 22.4 Å². The van der Waals surface area contributed by atoms with Crippen LogP contribution in [0.5, 0.6) is 0 Å². The Balaban J connectivity index is 2.17. The van der Waals surface area contributed by atoms with E-state index in [4.69, 9.17) is 4.74 Å². The van der Waals surface area contributed by atoms with Crippen LogP contribution in [-0.4, -0.2) is 30.2 Å². The van der Waals surface area contributed by atoms with Crippen molar-refractivity contribution in [2.75, 3.05) is 6.54 Å². The summed E-state index contributed by atoms with van der Waals surface area (Å²) in [4.78, 5) is 23.2. The number of alkyl carbamates (subject to hydrolysis) is 1. The lowest BCUT2D eigenvalue weighted by Crippen LogP contribution is -2.38. The summed E-state index contributed by atoms with van der Waals surface area (Å²) in [6.07, 6.45) is 0.559. The second-order valence-electron chi connectivity index (χ2n) is 5.98. The Morgan fingerprint density at radius 2 is 2.10 bits per heavy atom. The Bertz CT molecular complexity index is 452. The molecule has 0 saturated carbocycles. The maximum atomic E-state index is 11.7. The normalized spacial score (nSPS) is 12.6. The van der Waals surface area contributed by atoms with Crippen LogP contribution in [-0.2, 0) is 16.0 Å². The lowest BCUT2D eigenvalue weighted by Gasteiger charge is -2.19. The molecule has 0 radical (unpaired) electrons. The van der Waals surface area contributed by atoms with Gasteiger partial charge >= 0.3 is 6.09 Å². The number of hydrogen-bond donors (Lipinski definition) is 2. The molecule has 6 heteroatoms. The van der Waals surface area contributed by atoms with E-state index >= 15 is 0 Å². The molecule has 0 spiro atoms. The largest absolute Gasteiger partial charge is 0.444 e. The van der Waals surface area contributed by atoms with Crippen LogP contribution in [0.3, 0.4) is 0 Å². The van der Waals surface area contributed by atoms with Crippen LogP contribution in [0.25, 0.3) is 0 Å². The Morgan fingerprint density at radius 1 is 1.38 bits per heavy atom. The quantitative estimate of drug-likeness (QED) is 0.848. The summed E-state index contributed by atoms with van der Waals surface area (Å²) in [7, 11) is 0. The Morgan fingerprint density at radius 3 is 2.67 bits per heavy atom. The standard InChI is InChI=1S/C15H24N2O3S/c1-11(9-12-6-8-21-10-12)17-13(18)5-7-16-14(19)20-15(2,3)4/h6,8,10-11H,5,7,9H2,1-4H3,(H,16,19)(H,17,18). The molecule has 0 aliphatic carbocycles. The summed E-state index contributed by atoms with van der Waals surface area (Å²) < 4.78 is 5.09. The van der Waals surface area contributed by atoms with Crippen molar-refractivity contribution in [1.29, 1.82) is 0 Å². The van der Waals surface area contributed by atoms with Gasteiger partial charge in [0.25, 0.3) is 0 Å². The molecule has 0 aliphatic heterocycles. The minimum atomic E-state index is -0.526. The second-order valence-corrected chi connectivity index (χ2v) is 6.76. The molecule has 0 aromatic carbocycles. The number of ether oxygens (including phenoxy) is 1. The van der Waals surface area contributed by atoms with E-state index in [0.29, 0.717) is 0 Å². The van der Waals surface area contributed by atoms with E-state index in [1.54, 1.807) is 32.1 Å². The summed E-state index contributed by atoms with van der Waals surface area (Å²) in [6.45, 7) is 7.63. The molecule has 5 nitrogen and oxygen atoms in total. The highest BCUT2D eigenvalue weighted by Crippen LogP contribution is 2.08. The van der Waals surface area contributed by atoms with E-state index in [1.807, 2.05) is 12.3 Å². The van der Waals surface area contributed by atoms with Gasteiger partial charge in [-0.05, 0) is 56.5 Å². The van der Waals surface area contributed by atoms with Gasteiger partial charge in [0.05, 0.1) is 0 Å². The highest BCUT2D eigenvalue weighted by atomic mass is 32.1. The molecular weight excluding hydrogens is 288 g/mol. The number of amides is 2. The van der Waals surface area contributed by atoms with E-state index in [9.17, 15) is 9.59 Å². The third-order valence-electron chi connectivity index (χ3n) is 2.55. The molecule has 1 unspecified atom stereocenters. The zero-order chi connectivity index (χ0) is 15.9. The molecule has 2 N–H and O–H groups in total. The van der Waals surface area contributed by atoms with Gasteiger partial charge in [-0.25, -0.2) is 4.79 Å². The number of carbonyl (C=O) groups is 2. The first-order chi connectivity index (χ1) is 9.76. The van der Waals surface area contributed by atoms with Crippen LogP contribution in [0, 0.1) is 0 Å². The third-order valence-corrected chi connectivity index (χ3v) is 3.28. The monoisotopic (exact) mass is 312 g/mol. The first kappa shape index (κ1) is 17.5. The molecule has 1 rings (SSSR count). The maximum Gasteiger partial charge on any atom is 0.407 e. The van der Waals surface area contributed by atoms with Crippen LogP contribution >= 0.6 is 11.3 Å². The summed E-state index contributed by atoms with van der Waals surface area (Å²) >= 11 is 1.65. The van der Waals surface area contributed by atoms with Gasteiger partial charge in [0, 0.05) is 19.0 Å². The molecule has 2 amide bonds. The molecular formula is C15H24N2O3S. The van der Waals surface area contributed by atoms with Crippen LogP contribution < -0.4 is 10.6 Å². The first-order valence-electron chi connectivity index (χ1n) is 7.03. The zero-order valence-electron chi connectivity index (χ0n) is 13.1. The zero-order valence-corrected chi connectivity index (χ0v) is 13.9. The first-order valence-corrected chi connectivity index (χ1v) is 7.98. The van der Waals surface area contributed by atoms with Crippen molar-refractivity contribution in [2.45, 2.75) is 52.2 Å². The van der Waals surface area contributed by atoms with Crippen molar-refractivity contribution >= 4 is 23.3 Å². The average molecular weight is 312 g/mol. The highest BCUT2D eigenvalue weighted by molar-refractivity contribution is 7.07. The molecule has 21 heavy (non-hydrogen) atoms. The van der Waals surface area contributed by atoms with E-state index < -0.39 is 11.7 Å². The van der Waals surface area contributed by atoms with Crippen molar-refractivity contribution < 1.29 is 14.3 Å². The SMILES string of the molecule is CC(Cc1ccsc1)NC(=O)CCNC(=O)OC(C)(C)C. The minimum Gasteiger partial charge on any atom is -0.444 e. The van der Waals surface area contributed by atoms with Crippen molar-refractivity contribution in [3.63, 3.8) is 0 Å². The lowest BCUT2D eigenvalue weighted by molar-refractivity contribution is -0.121. The molecule has 0 fully saturated rings. The topological polar surface area (TPSA) is 67.4 Å². The summed E-state index contributed by atoms with van der Waals surface area (Å²) in [6, 6.07) is 2.13. The van der Waals surface area contributed by atoms with Gasteiger partial charge < -0.3 is 15.4 Å². The maximum absolute atomic E-state index is 11.7. The van der Waals surface area contributed by atoms with Crippen molar-refractivity contribution in [3.8, 4) is 0 Å². The van der Waals surface area contributed by atoms with Gasteiger partial charge in [-0.1, -0.05) is 0 Å². The van der Waals surface area contributed by atoms with Gasteiger partial charge in [-0.3, -0.25) is 4.79 Å². The number of nitrogens with one attached hydrogen (secondary N) is 2. The van der Waals surface area contributed by atoms with E-state index in [1.165, 1.54) is 5.56 Å². The summed E-state index contributed by atoms with van der Waals surface area (Å²) in [5.74, 6) is -0.0752. The van der Waals surface area contributed by atoms with E-state index in [-0.39, 0.29) is 24.9 Å². The Labute approximate surface area is 130 Å². The van der Waals surface area contributed by atoms with Crippen LogP contribution in [0.2, 0.25) is 0 Å². The third kappa shape index (κ3) is 8.34. The van der Waals surface area contributed by atoms with Crippen LogP contribution in [0.4, 0.5) is 4.79 Å². The molecule has 1 heterocycles. The molecule has 118 valence electrons. The fraction of sp³-hybridized carbons (Fsp3) is 0.600. The predicted molar refractivity (Wildman–Crippen MR) is 84.5 cm³/mol. The van der Waals surface area contributed by atoms with E-state index in [2.05, 4.69) is 22.1 Å². The molecule has 0 aliphatic rings. The number of hydrogen-bond acceptors (Lipinski definition) is 4.